The van der Waals surface area contributed by atoms with Crippen molar-refractivity contribution >= 4 is 17.8 Å². The van der Waals surface area contributed by atoms with E-state index in [9.17, 15) is 9.59 Å². The number of imidazole rings is 1. The van der Waals surface area contributed by atoms with Crippen LogP contribution in [-0.2, 0) is 9.59 Å². The predicted octanol–water partition coefficient (Wildman–Crippen LogP) is 4.12. The van der Waals surface area contributed by atoms with Crippen LogP contribution in [0.2, 0.25) is 0 Å². The molecule has 1 saturated carbocycles. The lowest BCUT2D eigenvalue weighted by molar-refractivity contribution is -0.137. The van der Waals surface area contributed by atoms with Gasteiger partial charge < -0.3 is 4.90 Å². The summed E-state index contributed by atoms with van der Waals surface area (Å²) < 4.78 is 1.86. The highest BCUT2D eigenvalue weighted by Gasteiger charge is 2.35. The van der Waals surface area contributed by atoms with Gasteiger partial charge in [0.2, 0.25) is 17.8 Å². The van der Waals surface area contributed by atoms with Crippen LogP contribution in [0.4, 0.5) is 5.95 Å². The van der Waals surface area contributed by atoms with Crippen LogP contribution in [0.1, 0.15) is 26.7 Å². The van der Waals surface area contributed by atoms with Gasteiger partial charge in [-0.1, -0.05) is 48.5 Å². The Labute approximate surface area is 176 Å². The van der Waals surface area contributed by atoms with Gasteiger partial charge in [-0.2, -0.15) is 0 Å². The summed E-state index contributed by atoms with van der Waals surface area (Å²) in [7, 11) is 0. The Morgan fingerprint density at radius 1 is 1.07 bits per heavy atom. The number of anilines is 1. The van der Waals surface area contributed by atoms with Crippen LogP contribution in [0.25, 0.3) is 16.9 Å². The van der Waals surface area contributed by atoms with Crippen molar-refractivity contribution in [1.82, 2.24) is 14.5 Å². The number of aromatic nitrogens is 2. The third-order valence-electron chi connectivity index (χ3n) is 5.21. The lowest BCUT2D eigenvalue weighted by Crippen LogP contribution is -2.43. The van der Waals surface area contributed by atoms with Gasteiger partial charge in [-0.3, -0.25) is 19.5 Å². The summed E-state index contributed by atoms with van der Waals surface area (Å²) in [6.45, 7) is 3.90. The van der Waals surface area contributed by atoms with Crippen molar-refractivity contribution in [2.75, 3.05) is 11.9 Å². The molecule has 4 rings (SSSR count). The molecule has 2 amide bonds. The van der Waals surface area contributed by atoms with Crippen LogP contribution in [0, 0.1) is 5.92 Å². The number of nitrogens with one attached hydrogen (secondary N) is 1. The van der Waals surface area contributed by atoms with Gasteiger partial charge >= 0.3 is 0 Å². The average molecular weight is 402 g/mol. The summed E-state index contributed by atoms with van der Waals surface area (Å²) in [5.41, 5.74) is 2.64. The minimum Gasteiger partial charge on any atom is -0.331 e. The van der Waals surface area contributed by atoms with Gasteiger partial charge in [0, 0.05) is 29.4 Å². The lowest BCUT2D eigenvalue weighted by Gasteiger charge is -2.26. The van der Waals surface area contributed by atoms with Gasteiger partial charge in [0.1, 0.15) is 6.54 Å². The Kier molecular flexibility index (Phi) is 5.65. The van der Waals surface area contributed by atoms with Crippen molar-refractivity contribution in [1.29, 1.82) is 0 Å². The molecule has 0 saturated heterocycles. The quantitative estimate of drug-likeness (QED) is 0.646. The fourth-order valence-corrected chi connectivity index (χ4v) is 3.40. The van der Waals surface area contributed by atoms with Crippen molar-refractivity contribution < 1.29 is 9.59 Å². The number of nitrogens with zero attached hydrogens (tertiary/aromatic N) is 3. The first-order valence-electron chi connectivity index (χ1n) is 10.3. The molecule has 1 aliphatic carbocycles. The second-order valence-electron chi connectivity index (χ2n) is 7.90. The maximum Gasteiger partial charge on any atom is 0.246 e. The van der Waals surface area contributed by atoms with Crippen LogP contribution < -0.4 is 5.32 Å². The van der Waals surface area contributed by atoms with E-state index < -0.39 is 0 Å². The van der Waals surface area contributed by atoms with Crippen molar-refractivity contribution in [3.05, 3.63) is 66.9 Å². The molecule has 1 aliphatic rings. The van der Waals surface area contributed by atoms with Gasteiger partial charge in [-0.05, 0) is 38.8 Å². The van der Waals surface area contributed by atoms with E-state index in [1.165, 1.54) is 0 Å². The summed E-state index contributed by atoms with van der Waals surface area (Å²) in [5.74, 6) is 0.334. The molecule has 0 spiro atoms. The minimum atomic E-state index is -0.250. The Morgan fingerprint density at radius 3 is 2.30 bits per heavy atom. The van der Waals surface area contributed by atoms with Crippen LogP contribution in [-0.4, -0.2) is 38.9 Å². The summed E-state index contributed by atoms with van der Waals surface area (Å²) in [4.78, 5) is 31.7. The number of rotatable bonds is 7. The Bertz CT molecular complexity index is 1020. The van der Waals surface area contributed by atoms with Crippen LogP contribution >= 0.6 is 0 Å². The SMILES string of the molecule is CC(C)N(CC(=O)Nc1nc(-c2ccccc2)cn1-c1ccccc1)C(=O)C1CC1. The number of carbonyl (C=O) groups excluding carboxylic acids is 2. The van der Waals surface area contributed by atoms with Gasteiger partial charge in [0.05, 0.1) is 5.69 Å². The summed E-state index contributed by atoms with van der Waals surface area (Å²) in [5, 5.41) is 2.92. The standard InChI is InChI=1S/C24H26N4O2/c1-17(2)27(23(30)19-13-14-19)16-22(29)26-24-25-21(18-9-5-3-6-10-18)15-28(24)20-11-7-4-8-12-20/h3-12,15,17,19H,13-14,16H2,1-2H3,(H,25,26,29). The van der Waals surface area contributed by atoms with Gasteiger partial charge in [-0.25, -0.2) is 4.98 Å². The van der Waals surface area contributed by atoms with E-state index in [-0.39, 0.29) is 30.3 Å². The van der Waals surface area contributed by atoms with E-state index in [0.717, 1.165) is 29.8 Å². The van der Waals surface area contributed by atoms with E-state index in [4.69, 9.17) is 0 Å². The Morgan fingerprint density at radius 2 is 1.70 bits per heavy atom. The summed E-state index contributed by atoms with van der Waals surface area (Å²) in [6.07, 6.45) is 3.75. The number of hydrogen-bond donors (Lipinski definition) is 1. The average Bonchev–Trinajstić information content (AvgIpc) is 3.53. The van der Waals surface area contributed by atoms with Crippen molar-refractivity contribution in [2.45, 2.75) is 32.7 Å². The Hall–Kier alpha value is -3.41. The van der Waals surface area contributed by atoms with E-state index in [2.05, 4.69) is 10.3 Å². The molecule has 2 aromatic carbocycles. The third kappa shape index (κ3) is 4.43. The highest BCUT2D eigenvalue weighted by Crippen LogP contribution is 2.31. The number of carbonyl (C=O) groups is 2. The third-order valence-corrected chi connectivity index (χ3v) is 5.21. The smallest absolute Gasteiger partial charge is 0.246 e. The van der Waals surface area contributed by atoms with Crippen molar-refractivity contribution in [3.8, 4) is 16.9 Å². The zero-order valence-electron chi connectivity index (χ0n) is 17.3. The van der Waals surface area contributed by atoms with Crippen LogP contribution in [0.3, 0.4) is 0 Å². The van der Waals surface area contributed by atoms with E-state index in [1.54, 1.807) is 4.90 Å². The monoisotopic (exact) mass is 402 g/mol. The first kappa shape index (κ1) is 19.9. The van der Waals surface area contributed by atoms with Crippen LogP contribution in [0.15, 0.2) is 66.9 Å². The predicted molar refractivity (Wildman–Crippen MR) is 117 cm³/mol. The largest absolute Gasteiger partial charge is 0.331 e. The Balaban J connectivity index is 1.60. The molecule has 0 aliphatic heterocycles. The number of para-hydroxylation sites is 1. The molecule has 6 nitrogen and oxygen atoms in total. The normalized spacial score (nSPS) is 13.3. The molecule has 1 heterocycles. The molecular weight excluding hydrogens is 376 g/mol. The summed E-state index contributed by atoms with van der Waals surface area (Å²) in [6, 6.07) is 19.6. The van der Waals surface area contributed by atoms with E-state index in [0.29, 0.717) is 5.95 Å². The maximum absolute atomic E-state index is 12.8. The molecule has 30 heavy (non-hydrogen) atoms. The minimum absolute atomic E-state index is 0.0231. The van der Waals surface area contributed by atoms with Crippen molar-refractivity contribution in [2.24, 2.45) is 5.92 Å². The molecule has 0 radical (unpaired) electrons. The zero-order chi connectivity index (χ0) is 21.1. The molecule has 3 aromatic rings. The highest BCUT2D eigenvalue weighted by molar-refractivity contribution is 5.94. The van der Waals surface area contributed by atoms with Gasteiger partial charge in [-0.15, -0.1) is 0 Å². The van der Waals surface area contributed by atoms with Crippen LogP contribution in [0.5, 0.6) is 0 Å². The maximum atomic E-state index is 12.8. The highest BCUT2D eigenvalue weighted by atomic mass is 16.2. The molecule has 0 atom stereocenters. The molecule has 1 fully saturated rings. The second-order valence-corrected chi connectivity index (χ2v) is 7.90. The molecule has 1 N–H and O–H groups in total. The number of amides is 2. The second kappa shape index (κ2) is 8.53. The topological polar surface area (TPSA) is 67.2 Å². The molecule has 6 heteroatoms. The van der Waals surface area contributed by atoms with Gasteiger partial charge in [0.15, 0.2) is 0 Å². The molecule has 154 valence electrons. The lowest BCUT2D eigenvalue weighted by atomic mass is 10.2. The van der Waals surface area contributed by atoms with E-state index >= 15 is 0 Å². The molecule has 0 bridgehead atoms. The first-order valence-corrected chi connectivity index (χ1v) is 10.3. The molecular formula is C24H26N4O2. The number of hydrogen-bond acceptors (Lipinski definition) is 3. The fraction of sp³-hybridized carbons (Fsp3) is 0.292. The fourth-order valence-electron chi connectivity index (χ4n) is 3.40. The summed E-state index contributed by atoms with van der Waals surface area (Å²) >= 11 is 0. The zero-order valence-corrected chi connectivity index (χ0v) is 17.3. The molecule has 1 aromatic heterocycles. The first-order chi connectivity index (χ1) is 14.5. The van der Waals surface area contributed by atoms with Crippen molar-refractivity contribution in [3.63, 3.8) is 0 Å². The molecule has 0 unspecified atom stereocenters. The van der Waals surface area contributed by atoms with E-state index in [1.807, 2.05) is 85.3 Å². The number of benzene rings is 2. The van der Waals surface area contributed by atoms with Gasteiger partial charge in [0.25, 0.3) is 0 Å².